The third kappa shape index (κ3) is 5.13. The van der Waals surface area contributed by atoms with Gasteiger partial charge < -0.3 is 9.64 Å². The highest BCUT2D eigenvalue weighted by molar-refractivity contribution is 7.89. The van der Waals surface area contributed by atoms with Crippen LogP contribution in [0.5, 0.6) is 0 Å². The summed E-state index contributed by atoms with van der Waals surface area (Å²) in [6, 6.07) is 0. The Labute approximate surface area is 140 Å². The number of likely N-dealkylation sites (tertiary alicyclic amines) is 1. The highest BCUT2D eigenvalue weighted by Crippen LogP contribution is 2.21. The lowest BCUT2D eigenvalue weighted by atomic mass is 9.99. The van der Waals surface area contributed by atoms with Crippen molar-refractivity contribution < 1.29 is 13.2 Å². The topological polar surface area (TPSA) is 53.1 Å². The second kappa shape index (κ2) is 8.25. The maximum atomic E-state index is 12.6. The number of sulfonamides is 1. The molecule has 1 atom stereocenters. The first-order valence-electron chi connectivity index (χ1n) is 9.14. The molecule has 134 valence electrons. The average Bonchev–Trinajstić information content (AvgIpc) is 3.08. The van der Waals surface area contributed by atoms with Crippen LogP contribution in [-0.2, 0) is 14.8 Å². The summed E-state index contributed by atoms with van der Waals surface area (Å²) in [6.07, 6.45) is 4.57. The Morgan fingerprint density at radius 2 is 1.65 bits per heavy atom. The molecule has 0 aromatic carbocycles. The van der Waals surface area contributed by atoms with E-state index in [2.05, 4.69) is 9.80 Å². The van der Waals surface area contributed by atoms with Crippen molar-refractivity contribution in [2.75, 3.05) is 71.3 Å². The zero-order chi connectivity index (χ0) is 16.1. The highest BCUT2D eigenvalue weighted by atomic mass is 32.2. The van der Waals surface area contributed by atoms with Crippen molar-refractivity contribution in [3.8, 4) is 0 Å². The molecule has 0 bridgehead atoms. The Kier molecular flexibility index (Phi) is 6.31. The van der Waals surface area contributed by atoms with Crippen molar-refractivity contribution in [1.29, 1.82) is 0 Å². The van der Waals surface area contributed by atoms with E-state index >= 15 is 0 Å². The van der Waals surface area contributed by atoms with Gasteiger partial charge in [-0.3, -0.25) is 4.90 Å². The van der Waals surface area contributed by atoms with Gasteiger partial charge in [0.2, 0.25) is 10.0 Å². The quantitative estimate of drug-likeness (QED) is 0.700. The van der Waals surface area contributed by atoms with E-state index in [9.17, 15) is 8.42 Å². The van der Waals surface area contributed by atoms with Crippen LogP contribution in [0.25, 0.3) is 0 Å². The standard InChI is InChI=1S/C16H31N3O3S/c20-23(21,13-10-17-5-1-2-6-17)19-7-3-4-16(15-19)14-18-8-11-22-12-9-18/h16H,1-15H2/t16-/m0/s1. The van der Waals surface area contributed by atoms with Crippen LogP contribution in [-0.4, -0.2) is 93.8 Å². The van der Waals surface area contributed by atoms with E-state index in [0.717, 1.165) is 58.8 Å². The van der Waals surface area contributed by atoms with Gasteiger partial charge in [-0.15, -0.1) is 0 Å². The van der Waals surface area contributed by atoms with Crippen LogP contribution in [0.1, 0.15) is 25.7 Å². The van der Waals surface area contributed by atoms with Gasteiger partial charge in [0.15, 0.2) is 0 Å². The fraction of sp³-hybridized carbons (Fsp3) is 1.00. The van der Waals surface area contributed by atoms with E-state index in [4.69, 9.17) is 4.74 Å². The van der Waals surface area contributed by atoms with Crippen molar-refractivity contribution >= 4 is 10.0 Å². The smallest absolute Gasteiger partial charge is 0.215 e. The minimum atomic E-state index is -3.10. The first-order valence-corrected chi connectivity index (χ1v) is 10.7. The molecule has 0 aromatic heterocycles. The summed E-state index contributed by atoms with van der Waals surface area (Å²) in [5.41, 5.74) is 0. The summed E-state index contributed by atoms with van der Waals surface area (Å²) in [4.78, 5) is 4.71. The van der Waals surface area contributed by atoms with Gasteiger partial charge >= 0.3 is 0 Å². The molecule has 3 aliphatic rings. The van der Waals surface area contributed by atoms with Gasteiger partial charge in [0, 0.05) is 39.3 Å². The molecule has 6 nitrogen and oxygen atoms in total. The predicted octanol–water partition coefficient (Wildman–Crippen LogP) is 0.456. The van der Waals surface area contributed by atoms with E-state index in [1.54, 1.807) is 4.31 Å². The predicted molar refractivity (Wildman–Crippen MR) is 91.0 cm³/mol. The number of hydrogen-bond acceptors (Lipinski definition) is 5. The molecule has 0 spiro atoms. The molecule has 3 saturated heterocycles. The van der Waals surface area contributed by atoms with E-state index < -0.39 is 10.0 Å². The van der Waals surface area contributed by atoms with Crippen LogP contribution < -0.4 is 0 Å². The van der Waals surface area contributed by atoms with Gasteiger partial charge in [0.25, 0.3) is 0 Å². The van der Waals surface area contributed by atoms with Crippen molar-refractivity contribution in [1.82, 2.24) is 14.1 Å². The number of nitrogens with zero attached hydrogens (tertiary/aromatic N) is 3. The molecule has 0 amide bonds. The molecule has 3 fully saturated rings. The second-order valence-corrected chi connectivity index (χ2v) is 9.23. The number of rotatable bonds is 6. The van der Waals surface area contributed by atoms with Crippen LogP contribution >= 0.6 is 0 Å². The van der Waals surface area contributed by atoms with Gasteiger partial charge in [-0.05, 0) is 44.7 Å². The zero-order valence-corrected chi connectivity index (χ0v) is 15.0. The molecule has 3 heterocycles. The van der Waals surface area contributed by atoms with Crippen molar-refractivity contribution in [3.63, 3.8) is 0 Å². The third-order valence-corrected chi connectivity index (χ3v) is 7.18. The van der Waals surface area contributed by atoms with Gasteiger partial charge in [-0.1, -0.05) is 0 Å². The highest BCUT2D eigenvalue weighted by Gasteiger charge is 2.30. The molecule has 0 saturated carbocycles. The first kappa shape index (κ1) is 17.6. The Balaban J connectivity index is 1.47. The lowest BCUT2D eigenvalue weighted by Gasteiger charge is -2.36. The maximum absolute atomic E-state index is 12.6. The Morgan fingerprint density at radius 3 is 2.39 bits per heavy atom. The molecular weight excluding hydrogens is 314 g/mol. The van der Waals surface area contributed by atoms with Crippen molar-refractivity contribution in [2.45, 2.75) is 25.7 Å². The molecular formula is C16H31N3O3S. The largest absolute Gasteiger partial charge is 0.379 e. The summed E-state index contributed by atoms with van der Waals surface area (Å²) in [6.45, 7) is 8.85. The monoisotopic (exact) mass is 345 g/mol. The van der Waals surface area contributed by atoms with Crippen LogP contribution in [0, 0.1) is 5.92 Å². The maximum Gasteiger partial charge on any atom is 0.215 e. The molecule has 23 heavy (non-hydrogen) atoms. The molecule has 0 N–H and O–H groups in total. The first-order chi connectivity index (χ1) is 11.1. The summed E-state index contributed by atoms with van der Waals surface area (Å²) < 4.78 is 32.4. The summed E-state index contributed by atoms with van der Waals surface area (Å²) >= 11 is 0. The van der Waals surface area contributed by atoms with Crippen LogP contribution in [0.15, 0.2) is 0 Å². The normalized spacial score (nSPS) is 29.1. The van der Waals surface area contributed by atoms with Crippen LogP contribution in [0.4, 0.5) is 0 Å². The number of piperidine rings is 1. The summed E-state index contributed by atoms with van der Waals surface area (Å²) in [5, 5.41) is 0. The molecule has 0 aromatic rings. The van der Waals surface area contributed by atoms with Crippen LogP contribution in [0.3, 0.4) is 0 Å². The lowest BCUT2D eigenvalue weighted by Crippen LogP contribution is -2.47. The van der Waals surface area contributed by atoms with Gasteiger partial charge in [0.05, 0.1) is 19.0 Å². The molecule has 3 rings (SSSR count). The third-order valence-electron chi connectivity index (χ3n) is 5.36. The average molecular weight is 346 g/mol. The molecule has 7 heteroatoms. The van der Waals surface area contributed by atoms with E-state index in [-0.39, 0.29) is 5.75 Å². The van der Waals surface area contributed by atoms with Gasteiger partial charge in [0.1, 0.15) is 0 Å². The summed E-state index contributed by atoms with van der Waals surface area (Å²) in [7, 11) is -3.10. The lowest BCUT2D eigenvalue weighted by molar-refractivity contribution is 0.0265. The van der Waals surface area contributed by atoms with Gasteiger partial charge in [-0.2, -0.15) is 0 Å². The minimum Gasteiger partial charge on any atom is -0.379 e. The molecule has 0 aliphatic carbocycles. The Morgan fingerprint density at radius 1 is 0.913 bits per heavy atom. The molecule has 0 unspecified atom stereocenters. The fourth-order valence-corrected chi connectivity index (χ4v) is 5.55. The molecule has 3 aliphatic heterocycles. The second-order valence-electron chi connectivity index (χ2n) is 7.14. The fourth-order valence-electron chi connectivity index (χ4n) is 3.96. The zero-order valence-electron chi connectivity index (χ0n) is 14.2. The Hall–Kier alpha value is -0.210. The minimum absolute atomic E-state index is 0.289. The van der Waals surface area contributed by atoms with E-state index in [0.29, 0.717) is 25.6 Å². The van der Waals surface area contributed by atoms with E-state index in [1.807, 2.05) is 0 Å². The van der Waals surface area contributed by atoms with Crippen molar-refractivity contribution in [2.24, 2.45) is 5.92 Å². The van der Waals surface area contributed by atoms with Crippen molar-refractivity contribution in [3.05, 3.63) is 0 Å². The molecule has 0 radical (unpaired) electrons. The summed E-state index contributed by atoms with van der Waals surface area (Å²) in [5.74, 6) is 0.764. The van der Waals surface area contributed by atoms with Gasteiger partial charge in [-0.25, -0.2) is 12.7 Å². The SMILES string of the molecule is O=S(=O)(CCN1CCCC1)N1CCC[C@@H](CN2CCOCC2)C1. The number of ether oxygens (including phenoxy) is 1. The number of morpholine rings is 1. The van der Waals surface area contributed by atoms with Crippen LogP contribution in [0.2, 0.25) is 0 Å². The Bertz CT molecular complexity index is 459. The number of hydrogen-bond donors (Lipinski definition) is 0. The van der Waals surface area contributed by atoms with E-state index in [1.165, 1.54) is 12.8 Å².